The fourth-order valence-electron chi connectivity index (χ4n) is 2.53. The molecule has 110 valence electrons. The van der Waals surface area contributed by atoms with Gasteiger partial charge in [0.25, 0.3) is 0 Å². The maximum Gasteiger partial charge on any atom is 0.335 e. The van der Waals surface area contributed by atoms with Crippen molar-refractivity contribution >= 4 is 5.97 Å². The Hall–Kier alpha value is -1.71. The molecule has 0 bridgehead atoms. The first-order valence-electron chi connectivity index (χ1n) is 7.27. The van der Waals surface area contributed by atoms with Crippen LogP contribution in [0.5, 0.6) is 11.5 Å². The Morgan fingerprint density at radius 3 is 2.55 bits per heavy atom. The second-order valence-electron chi connectivity index (χ2n) is 5.40. The van der Waals surface area contributed by atoms with Gasteiger partial charge in [0, 0.05) is 0 Å². The largest absolute Gasteiger partial charge is 0.490 e. The highest BCUT2D eigenvalue weighted by molar-refractivity contribution is 5.88. The van der Waals surface area contributed by atoms with Crippen molar-refractivity contribution in [3.63, 3.8) is 0 Å². The molecule has 2 rings (SSSR count). The number of carboxylic acids is 1. The van der Waals surface area contributed by atoms with E-state index in [-0.39, 0.29) is 11.7 Å². The Morgan fingerprint density at radius 2 is 1.95 bits per heavy atom. The van der Waals surface area contributed by atoms with Crippen molar-refractivity contribution in [2.75, 3.05) is 6.61 Å². The van der Waals surface area contributed by atoms with Crippen molar-refractivity contribution in [1.82, 2.24) is 0 Å². The van der Waals surface area contributed by atoms with Crippen LogP contribution in [0.2, 0.25) is 0 Å². The predicted octanol–water partition coefficient (Wildman–Crippen LogP) is 3.74. The summed E-state index contributed by atoms with van der Waals surface area (Å²) in [5.74, 6) is 0.988. The number of benzene rings is 1. The molecule has 0 aromatic heterocycles. The molecule has 1 aromatic carbocycles. The second-order valence-corrected chi connectivity index (χ2v) is 5.40. The lowest BCUT2D eigenvalue weighted by atomic mass is 9.89. The van der Waals surface area contributed by atoms with Gasteiger partial charge >= 0.3 is 5.97 Å². The number of hydrogen-bond acceptors (Lipinski definition) is 3. The van der Waals surface area contributed by atoms with E-state index in [1.165, 1.54) is 18.9 Å². The van der Waals surface area contributed by atoms with E-state index in [0.717, 1.165) is 18.8 Å². The van der Waals surface area contributed by atoms with Crippen LogP contribution >= 0.6 is 0 Å². The number of carbonyl (C=O) groups is 1. The monoisotopic (exact) mass is 278 g/mol. The summed E-state index contributed by atoms with van der Waals surface area (Å²) in [5.41, 5.74) is 0.220. The molecule has 0 aliphatic heterocycles. The molecule has 0 amide bonds. The average Bonchev–Trinajstić information content (AvgIpc) is 2.43. The first kappa shape index (κ1) is 14.7. The standard InChI is InChI=1S/C16H22O4/c1-3-19-15-10-12(16(17)18)6-9-14(15)20-13-7-4-11(2)5-8-13/h6,9-11,13H,3-5,7-8H2,1-2H3,(H,17,18). The third-order valence-corrected chi connectivity index (χ3v) is 3.75. The zero-order valence-electron chi connectivity index (χ0n) is 12.1. The lowest BCUT2D eigenvalue weighted by molar-refractivity contribution is 0.0696. The van der Waals surface area contributed by atoms with Crippen molar-refractivity contribution in [3.05, 3.63) is 23.8 Å². The van der Waals surface area contributed by atoms with Gasteiger partial charge in [-0.1, -0.05) is 6.92 Å². The van der Waals surface area contributed by atoms with Crippen LogP contribution < -0.4 is 9.47 Å². The molecule has 4 heteroatoms. The third kappa shape index (κ3) is 3.65. The summed E-state index contributed by atoms with van der Waals surface area (Å²) in [6, 6.07) is 4.80. The first-order chi connectivity index (χ1) is 9.60. The molecule has 0 radical (unpaired) electrons. The van der Waals surface area contributed by atoms with Crippen LogP contribution in [0.4, 0.5) is 0 Å². The molecular weight excluding hydrogens is 256 g/mol. The first-order valence-corrected chi connectivity index (χ1v) is 7.27. The highest BCUT2D eigenvalue weighted by atomic mass is 16.5. The van der Waals surface area contributed by atoms with Crippen LogP contribution in [0.25, 0.3) is 0 Å². The summed E-state index contributed by atoms with van der Waals surface area (Å²) in [5, 5.41) is 9.02. The van der Waals surface area contributed by atoms with E-state index < -0.39 is 5.97 Å². The van der Waals surface area contributed by atoms with Crippen LogP contribution in [0.1, 0.15) is 49.9 Å². The van der Waals surface area contributed by atoms with E-state index in [4.69, 9.17) is 14.6 Å². The van der Waals surface area contributed by atoms with Crippen LogP contribution in [0.3, 0.4) is 0 Å². The van der Waals surface area contributed by atoms with Gasteiger partial charge in [-0.15, -0.1) is 0 Å². The van der Waals surface area contributed by atoms with E-state index in [9.17, 15) is 4.79 Å². The van der Waals surface area contributed by atoms with Gasteiger partial charge in [-0.05, 0) is 56.7 Å². The number of rotatable bonds is 5. The summed E-state index contributed by atoms with van der Waals surface area (Å²) in [4.78, 5) is 11.0. The predicted molar refractivity (Wildman–Crippen MR) is 76.6 cm³/mol. The van der Waals surface area contributed by atoms with E-state index in [1.54, 1.807) is 12.1 Å². The fourth-order valence-corrected chi connectivity index (χ4v) is 2.53. The van der Waals surface area contributed by atoms with Crippen molar-refractivity contribution < 1.29 is 19.4 Å². The smallest absolute Gasteiger partial charge is 0.335 e. The molecule has 1 aliphatic rings. The summed E-state index contributed by atoms with van der Waals surface area (Å²) in [7, 11) is 0. The van der Waals surface area contributed by atoms with Crippen LogP contribution in [-0.2, 0) is 0 Å². The Balaban J connectivity index is 2.11. The van der Waals surface area contributed by atoms with Crippen molar-refractivity contribution in [1.29, 1.82) is 0 Å². The molecule has 0 saturated heterocycles. The van der Waals surface area contributed by atoms with Gasteiger partial charge < -0.3 is 14.6 Å². The van der Waals surface area contributed by atoms with E-state index >= 15 is 0 Å². The lowest BCUT2D eigenvalue weighted by Crippen LogP contribution is -2.23. The molecule has 20 heavy (non-hydrogen) atoms. The topological polar surface area (TPSA) is 55.8 Å². The molecule has 0 unspecified atom stereocenters. The van der Waals surface area contributed by atoms with Crippen molar-refractivity contribution in [2.24, 2.45) is 5.92 Å². The van der Waals surface area contributed by atoms with E-state index in [2.05, 4.69) is 6.92 Å². The fraction of sp³-hybridized carbons (Fsp3) is 0.562. The Kier molecular flexibility index (Phi) is 4.88. The van der Waals surface area contributed by atoms with Gasteiger partial charge in [0.05, 0.1) is 18.3 Å². The van der Waals surface area contributed by atoms with Gasteiger partial charge in [0.1, 0.15) is 0 Å². The minimum Gasteiger partial charge on any atom is -0.490 e. The van der Waals surface area contributed by atoms with Gasteiger partial charge in [-0.3, -0.25) is 0 Å². The molecule has 0 heterocycles. The van der Waals surface area contributed by atoms with Crippen LogP contribution in [0, 0.1) is 5.92 Å². The van der Waals surface area contributed by atoms with Gasteiger partial charge in [0.15, 0.2) is 11.5 Å². The molecule has 0 atom stereocenters. The minimum absolute atomic E-state index is 0.209. The Morgan fingerprint density at radius 1 is 1.25 bits per heavy atom. The van der Waals surface area contributed by atoms with Crippen LogP contribution in [0.15, 0.2) is 18.2 Å². The summed E-state index contributed by atoms with van der Waals surface area (Å²) in [6.45, 7) is 4.63. The van der Waals surface area contributed by atoms with Crippen molar-refractivity contribution in [3.8, 4) is 11.5 Å². The second kappa shape index (κ2) is 6.64. The number of ether oxygens (including phenoxy) is 2. The molecule has 1 saturated carbocycles. The zero-order chi connectivity index (χ0) is 14.5. The summed E-state index contributed by atoms with van der Waals surface area (Å²) < 4.78 is 11.5. The van der Waals surface area contributed by atoms with E-state index in [1.807, 2.05) is 6.92 Å². The molecule has 1 aliphatic carbocycles. The zero-order valence-corrected chi connectivity index (χ0v) is 12.1. The van der Waals surface area contributed by atoms with Crippen LogP contribution in [-0.4, -0.2) is 23.8 Å². The third-order valence-electron chi connectivity index (χ3n) is 3.75. The normalized spacial score (nSPS) is 22.3. The maximum absolute atomic E-state index is 11.0. The number of aromatic carboxylic acids is 1. The van der Waals surface area contributed by atoms with Gasteiger partial charge in [-0.2, -0.15) is 0 Å². The average molecular weight is 278 g/mol. The number of carboxylic acid groups (broad SMARTS) is 1. The molecule has 1 aromatic rings. The van der Waals surface area contributed by atoms with E-state index in [0.29, 0.717) is 18.1 Å². The van der Waals surface area contributed by atoms with Gasteiger partial charge in [-0.25, -0.2) is 4.79 Å². The summed E-state index contributed by atoms with van der Waals surface area (Å²) in [6.07, 6.45) is 4.67. The molecule has 4 nitrogen and oxygen atoms in total. The summed E-state index contributed by atoms with van der Waals surface area (Å²) >= 11 is 0. The number of hydrogen-bond donors (Lipinski definition) is 1. The Labute approximate surface area is 119 Å². The molecular formula is C16H22O4. The minimum atomic E-state index is -0.955. The Bertz CT molecular complexity index is 462. The molecule has 0 spiro atoms. The molecule has 1 N–H and O–H groups in total. The maximum atomic E-state index is 11.0. The highest BCUT2D eigenvalue weighted by Gasteiger charge is 2.21. The van der Waals surface area contributed by atoms with Gasteiger partial charge in [0.2, 0.25) is 0 Å². The quantitative estimate of drug-likeness (QED) is 0.891. The lowest BCUT2D eigenvalue weighted by Gasteiger charge is -2.27. The SMILES string of the molecule is CCOc1cc(C(=O)O)ccc1OC1CCC(C)CC1. The highest BCUT2D eigenvalue weighted by Crippen LogP contribution is 2.33. The molecule has 1 fully saturated rings. The van der Waals surface area contributed by atoms with Crippen molar-refractivity contribution in [2.45, 2.75) is 45.6 Å².